The van der Waals surface area contributed by atoms with E-state index in [0.29, 0.717) is 13.0 Å². The quantitative estimate of drug-likeness (QED) is 0.0807. The number of unbranched alkanes of at least 4 members (excludes halogenated alkanes) is 1. The van der Waals surface area contributed by atoms with E-state index < -0.39 is 0 Å². The summed E-state index contributed by atoms with van der Waals surface area (Å²) in [4.78, 5) is 42.1. The van der Waals surface area contributed by atoms with Crippen molar-refractivity contribution in [3.63, 3.8) is 0 Å². The molecule has 1 unspecified atom stereocenters. The van der Waals surface area contributed by atoms with Crippen LogP contribution in [0.1, 0.15) is 75.1 Å². The third-order valence-electron chi connectivity index (χ3n) is 9.79. The van der Waals surface area contributed by atoms with Gasteiger partial charge in [-0.2, -0.15) is 0 Å². The summed E-state index contributed by atoms with van der Waals surface area (Å²) in [5.41, 5.74) is 7.44. The highest BCUT2D eigenvalue weighted by Gasteiger charge is 2.30. The third kappa shape index (κ3) is 12.1. The minimum absolute atomic E-state index is 0.0402. The summed E-state index contributed by atoms with van der Waals surface area (Å²) in [6, 6.07) is 26.6. The normalized spacial score (nSPS) is 15.7. The van der Waals surface area contributed by atoms with Crippen LogP contribution in [0.15, 0.2) is 91.3 Å². The molecule has 0 saturated carbocycles. The van der Waals surface area contributed by atoms with Gasteiger partial charge in [0.15, 0.2) is 0 Å². The van der Waals surface area contributed by atoms with Crippen molar-refractivity contribution in [2.75, 3.05) is 40.3 Å². The van der Waals surface area contributed by atoms with Crippen LogP contribution in [0.25, 0.3) is 33.6 Å². The Bertz CT molecular complexity index is 1810. The number of imidazole rings is 2. The first-order chi connectivity index (χ1) is 25.8. The Labute approximate surface area is 313 Å². The van der Waals surface area contributed by atoms with Crippen LogP contribution in [0, 0.1) is 0 Å². The molecule has 280 valence electrons. The van der Waals surface area contributed by atoms with Gasteiger partial charge in [0.1, 0.15) is 17.9 Å². The highest BCUT2D eigenvalue weighted by atomic mass is 19.2. The lowest BCUT2D eigenvalue weighted by molar-refractivity contribution is -0.129. The van der Waals surface area contributed by atoms with Gasteiger partial charge >= 0.3 is 0 Å². The minimum Gasteiger partial charge on any atom is -0.342 e. The maximum absolute atomic E-state index is 12.8. The number of aldehydes is 1. The number of rotatable bonds is 11. The molecule has 1 amide bonds. The topological polar surface area (TPSA) is 101 Å². The maximum Gasteiger partial charge on any atom is 0.220 e. The van der Waals surface area contributed by atoms with Gasteiger partial charge in [0.05, 0.1) is 29.8 Å². The fraction of sp³-hybridized carbons (Fsp3) is 0.395. The van der Waals surface area contributed by atoms with Crippen molar-refractivity contribution in [1.82, 2.24) is 34.9 Å². The van der Waals surface area contributed by atoms with Crippen LogP contribution in [0.2, 0.25) is 0 Å². The molecule has 9 nitrogen and oxygen atoms in total. The molecule has 2 saturated heterocycles. The number of nitrogens with one attached hydrogen (secondary N) is 2. The Balaban J connectivity index is 0.000000277. The monoisotopic (exact) mass is 719 g/mol. The predicted molar refractivity (Wildman–Crippen MR) is 211 cm³/mol. The number of amides is 1. The summed E-state index contributed by atoms with van der Waals surface area (Å²) in [5, 5.41) is 0.719. The Morgan fingerprint density at radius 2 is 1.42 bits per heavy atom. The number of H-pyrrole nitrogens is 2. The van der Waals surface area contributed by atoms with E-state index in [1.54, 1.807) is 6.92 Å². The molecule has 53 heavy (non-hydrogen) atoms. The van der Waals surface area contributed by atoms with Gasteiger partial charge in [-0.25, -0.2) is 9.97 Å². The first kappa shape index (κ1) is 39.3. The number of aromatic amines is 2. The van der Waals surface area contributed by atoms with Gasteiger partial charge in [-0.15, -0.1) is 9.60 Å². The van der Waals surface area contributed by atoms with Crippen LogP contribution < -0.4 is 0 Å². The van der Waals surface area contributed by atoms with Crippen molar-refractivity contribution in [3.8, 4) is 33.6 Å². The molecule has 2 N–H and O–H groups in total. The van der Waals surface area contributed by atoms with Gasteiger partial charge in [-0.3, -0.25) is 4.79 Å². The number of benzene rings is 3. The number of nitrogens with zero attached hydrogens (tertiary/aromatic N) is 5. The zero-order valence-electron chi connectivity index (χ0n) is 31.4. The molecule has 7 rings (SSSR count). The second-order valence-corrected chi connectivity index (χ2v) is 14.0. The number of aromatic nitrogens is 4. The van der Waals surface area contributed by atoms with Crippen molar-refractivity contribution in [1.29, 1.82) is 0 Å². The molecule has 2 aliphatic heterocycles. The number of piperidine rings is 1. The zero-order valence-corrected chi connectivity index (χ0v) is 31.4. The molecule has 4 heterocycles. The Hall–Kier alpha value is -4.93. The lowest BCUT2D eigenvalue weighted by atomic mass is 10.0. The molecule has 5 aromatic rings. The Morgan fingerprint density at radius 3 is 1.98 bits per heavy atom. The molecule has 1 atom stereocenters. The average Bonchev–Trinajstić information content (AvgIpc) is 3.97. The van der Waals surface area contributed by atoms with Gasteiger partial charge in [0, 0.05) is 39.9 Å². The van der Waals surface area contributed by atoms with Gasteiger partial charge in [0.2, 0.25) is 5.91 Å². The lowest BCUT2D eigenvalue weighted by Crippen LogP contribution is -2.28. The van der Waals surface area contributed by atoms with Crippen LogP contribution >= 0.6 is 0 Å². The van der Waals surface area contributed by atoms with E-state index in [9.17, 15) is 14.1 Å². The van der Waals surface area contributed by atoms with E-state index in [4.69, 9.17) is 0 Å². The van der Waals surface area contributed by atoms with E-state index in [2.05, 4.69) is 80.4 Å². The number of aryl methyl sites for hydroxylation is 1. The summed E-state index contributed by atoms with van der Waals surface area (Å²) in [7, 11) is 3.64. The summed E-state index contributed by atoms with van der Waals surface area (Å²) in [6.45, 7) is 5.50. The number of halogens is 1. The zero-order chi connectivity index (χ0) is 37.4. The molecule has 0 spiro atoms. The minimum atomic E-state index is 0.0402. The summed E-state index contributed by atoms with van der Waals surface area (Å²) >= 11 is 0. The second-order valence-electron chi connectivity index (χ2n) is 14.0. The summed E-state index contributed by atoms with van der Waals surface area (Å²) < 4.78 is 12.8. The molecule has 2 aromatic heterocycles. The second kappa shape index (κ2) is 20.3. The summed E-state index contributed by atoms with van der Waals surface area (Å²) in [5.74, 6) is 1.89. The van der Waals surface area contributed by atoms with Gasteiger partial charge in [-0.05, 0) is 86.5 Å². The van der Waals surface area contributed by atoms with E-state index in [-0.39, 0.29) is 11.9 Å². The van der Waals surface area contributed by atoms with Crippen LogP contribution in [0.4, 0.5) is 4.48 Å². The predicted octanol–water partition coefficient (Wildman–Crippen LogP) is 8.49. The van der Waals surface area contributed by atoms with Crippen molar-refractivity contribution >= 4 is 12.2 Å². The van der Waals surface area contributed by atoms with E-state index in [0.717, 1.165) is 101 Å². The van der Waals surface area contributed by atoms with Crippen molar-refractivity contribution in [2.45, 2.75) is 70.8 Å². The Kier molecular flexibility index (Phi) is 15.1. The highest BCUT2D eigenvalue weighted by molar-refractivity contribution is 5.74. The summed E-state index contributed by atoms with van der Waals surface area (Å²) in [6.07, 6.45) is 13.9. The van der Waals surface area contributed by atoms with Crippen LogP contribution in [0.5, 0.6) is 0 Å². The molecular formula is C43H54FN7O2. The largest absolute Gasteiger partial charge is 0.342 e. The number of carbonyl (C=O) groups is 2. The molecule has 0 bridgehead atoms. The maximum atomic E-state index is 12.8. The smallest absolute Gasteiger partial charge is 0.220 e. The fourth-order valence-electron chi connectivity index (χ4n) is 6.79. The van der Waals surface area contributed by atoms with E-state index in [1.807, 2.05) is 47.6 Å². The lowest BCUT2D eigenvalue weighted by Gasteiger charge is -2.21. The van der Waals surface area contributed by atoms with Crippen LogP contribution in [0.3, 0.4) is 0 Å². The van der Waals surface area contributed by atoms with Gasteiger partial charge < -0.3 is 24.6 Å². The molecule has 0 radical (unpaired) electrons. The number of carbonyl (C=O) groups excluding carboxylic acids is 2. The van der Waals surface area contributed by atoms with E-state index >= 15 is 0 Å². The molecule has 3 aromatic carbocycles. The van der Waals surface area contributed by atoms with Crippen molar-refractivity contribution < 1.29 is 14.1 Å². The third-order valence-corrected chi connectivity index (χ3v) is 9.79. The Morgan fingerprint density at radius 1 is 0.811 bits per heavy atom. The molecular weight excluding hydrogens is 666 g/mol. The molecule has 10 heteroatoms. The fourth-order valence-corrected chi connectivity index (χ4v) is 6.79. The van der Waals surface area contributed by atoms with Crippen molar-refractivity contribution in [2.24, 2.45) is 0 Å². The van der Waals surface area contributed by atoms with Crippen molar-refractivity contribution in [3.05, 3.63) is 108 Å². The molecule has 2 fully saturated rings. The number of hydrogen-bond donors (Lipinski definition) is 2. The van der Waals surface area contributed by atoms with Gasteiger partial charge in [-0.1, -0.05) is 85.3 Å². The number of hydrogen-bond acceptors (Lipinski definition) is 6. The highest BCUT2D eigenvalue weighted by Crippen LogP contribution is 2.32. The van der Waals surface area contributed by atoms with Gasteiger partial charge in [0.25, 0.3) is 0 Å². The average molecular weight is 720 g/mol. The van der Waals surface area contributed by atoms with Crippen LogP contribution in [-0.2, 0) is 22.4 Å². The van der Waals surface area contributed by atoms with Crippen LogP contribution in [-0.4, -0.2) is 87.3 Å². The molecule has 2 aliphatic rings. The number of likely N-dealkylation sites (tertiary alicyclic amines) is 2. The first-order valence-electron chi connectivity index (χ1n) is 18.9. The standard InChI is InChI=1S/C29H33FN6O.C8H8O.C6H13N/c1-20(37)36-17-5-6-27(36)29-32-19-26(34-29)24-14-10-22(11-15-24)21-8-12-23(13-9-21)25-18-31-28(33-25)7-3-4-16-35(2)30;9-7-6-8-4-2-1-3-5-8;1-7-5-3-2-4-6-7/h8-15,18-19,27H,3-7,16-17H2,1-2H3,(H,31,33)(H,32,34);1-5,7H,6H2;2-6H2,1H3. The molecule has 0 aliphatic carbocycles. The SMILES string of the molecule is CC(=O)N1CCCC1c1ncc(-c2ccc(-c3ccc(-c4cnc(CCCCN(C)F)[nH]4)cc3)cc2)[nH]1.CN1CCCCC1.O=CCc1ccccc1. The van der Waals surface area contributed by atoms with E-state index in [1.165, 1.54) is 39.4 Å². The first-order valence-corrected chi connectivity index (χ1v) is 18.9.